The molecule has 1 aromatic heterocycles. The Morgan fingerprint density at radius 1 is 1.21 bits per heavy atom. The highest BCUT2D eigenvalue weighted by Gasteiger charge is 2.02. The molecule has 4 heteroatoms. The maximum atomic E-state index is 8.69. The van der Waals surface area contributed by atoms with Crippen LogP contribution in [0.2, 0.25) is 10.2 Å². The van der Waals surface area contributed by atoms with Crippen LogP contribution in [0.4, 0.5) is 0 Å². The minimum Gasteiger partial charge on any atom is -0.235 e. The SMILES string of the molecule is N#Cc1ccc2nc(Cl)c(Cl)cc2c1. The van der Waals surface area contributed by atoms with Crippen LogP contribution in [0, 0.1) is 11.3 Å². The van der Waals surface area contributed by atoms with Crippen LogP contribution in [0.5, 0.6) is 0 Å². The van der Waals surface area contributed by atoms with E-state index in [0.29, 0.717) is 10.6 Å². The summed E-state index contributed by atoms with van der Waals surface area (Å²) in [6, 6.07) is 8.92. The van der Waals surface area contributed by atoms with Crippen molar-refractivity contribution in [3.05, 3.63) is 40.0 Å². The first kappa shape index (κ1) is 9.26. The Bertz CT molecular complexity index is 544. The molecule has 2 aromatic rings. The van der Waals surface area contributed by atoms with Crippen LogP contribution in [0.15, 0.2) is 24.3 Å². The Kier molecular flexibility index (Phi) is 2.28. The smallest absolute Gasteiger partial charge is 0.148 e. The zero-order valence-electron chi connectivity index (χ0n) is 6.96. The average molecular weight is 223 g/mol. The van der Waals surface area contributed by atoms with Gasteiger partial charge in [-0.1, -0.05) is 23.2 Å². The highest BCUT2D eigenvalue weighted by atomic mass is 35.5. The second kappa shape index (κ2) is 3.45. The van der Waals surface area contributed by atoms with Gasteiger partial charge in [0.15, 0.2) is 0 Å². The van der Waals surface area contributed by atoms with E-state index in [1.165, 1.54) is 0 Å². The van der Waals surface area contributed by atoms with Crippen molar-refractivity contribution in [2.45, 2.75) is 0 Å². The van der Waals surface area contributed by atoms with E-state index in [1.54, 1.807) is 24.3 Å². The first-order chi connectivity index (χ1) is 6.70. The summed E-state index contributed by atoms with van der Waals surface area (Å²) in [4.78, 5) is 4.07. The molecule has 0 amide bonds. The van der Waals surface area contributed by atoms with Gasteiger partial charge in [0.1, 0.15) is 5.15 Å². The summed E-state index contributed by atoms with van der Waals surface area (Å²) in [5, 5.41) is 10.2. The summed E-state index contributed by atoms with van der Waals surface area (Å²) in [7, 11) is 0. The molecule has 0 radical (unpaired) electrons. The number of pyridine rings is 1. The van der Waals surface area contributed by atoms with Gasteiger partial charge in [-0.2, -0.15) is 5.26 Å². The summed E-state index contributed by atoms with van der Waals surface area (Å²) in [5.74, 6) is 0. The van der Waals surface area contributed by atoms with Crippen molar-refractivity contribution in [1.29, 1.82) is 5.26 Å². The normalized spacial score (nSPS) is 10.1. The Morgan fingerprint density at radius 3 is 2.71 bits per heavy atom. The zero-order valence-corrected chi connectivity index (χ0v) is 8.47. The van der Waals surface area contributed by atoms with Gasteiger partial charge in [-0.3, -0.25) is 0 Å². The molecule has 0 N–H and O–H groups in total. The van der Waals surface area contributed by atoms with E-state index in [9.17, 15) is 0 Å². The van der Waals surface area contributed by atoms with Gasteiger partial charge in [0.2, 0.25) is 0 Å². The lowest BCUT2D eigenvalue weighted by molar-refractivity contribution is 1.40. The Balaban J connectivity index is 2.78. The molecule has 0 bridgehead atoms. The van der Waals surface area contributed by atoms with Crippen molar-refractivity contribution in [3.8, 4) is 6.07 Å². The first-order valence-electron chi connectivity index (χ1n) is 3.86. The van der Waals surface area contributed by atoms with Gasteiger partial charge in [0, 0.05) is 5.39 Å². The maximum absolute atomic E-state index is 8.69. The number of benzene rings is 1. The summed E-state index contributed by atoms with van der Waals surface area (Å²) < 4.78 is 0. The van der Waals surface area contributed by atoms with Crippen molar-refractivity contribution in [1.82, 2.24) is 4.98 Å². The fraction of sp³-hybridized carbons (Fsp3) is 0. The van der Waals surface area contributed by atoms with Crippen LogP contribution >= 0.6 is 23.2 Å². The number of nitrogens with zero attached hydrogens (tertiary/aromatic N) is 2. The van der Waals surface area contributed by atoms with Gasteiger partial charge < -0.3 is 0 Å². The number of nitriles is 1. The van der Waals surface area contributed by atoms with Crippen LogP contribution in [0.25, 0.3) is 10.9 Å². The average Bonchev–Trinajstić information content (AvgIpc) is 2.19. The largest absolute Gasteiger partial charge is 0.235 e. The van der Waals surface area contributed by atoms with E-state index < -0.39 is 0 Å². The molecule has 14 heavy (non-hydrogen) atoms. The van der Waals surface area contributed by atoms with Gasteiger partial charge in [0.25, 0.3) is 0 Å². The topological polar surface area (TPSA) is 36.7 Å². The van der Waals surface area contributed by atoms with Crippen molar-refractivity contribution in [2.75, 3.05) is 0 Å². The monoisotopic (exact) mass is 222 g/mol. The molecule has 0 aliphatic rings. The number of halogens is 2. The molecule has 1 heterocycles. The molecule has 0 unspecified atom stereocenters. The van der Waals surface area contributed by atoms with Crippen molar-refractivity contribution < 1.29 is 0 Å². The van der Waals surface area contributed by atoms with Crippen LogP contribution in [-0.2, 0) is 0 Å². The Labute approximate surface area is 90.7 Å². The number of rotatable bonds is 0. The third kappa shape index (κ3) is 1.52. The molecule has 0 saturated heterocycles. The summed E-state index contributed by atoms with van der Waals surface area (Å²) >= 11 is 11.6. The predicted molar refractivity (Wildman–Crippen MR) is 56.5 cm³/mol. The van der Waals surface area contributed by atoms with Gasteiger partial charge in [-0.25, -0.2) is 4.98 Å². The third-order valence-electron chi connectivity index (χ3n) is 1.85. The molecular weight excluding hydrogens is 219 g/mol. The summed E-state index contributed by atoms with van der Waals surface area (Å²) in [5.41, 5.74) is 1.32. The number of fused-ring (bicyclic) bond motifs is 1. The second-order valence-corrected chi connectivity index (χ2v) is 3.55. The van der Waals surface area contributed by atoms with Crippen LogP contribution < -0.4 is 0 Å². The molecule has 0 saturated carbocycles. The van der Waals surface area contributed by atoms with E-state index in [-0.39, 0.29) is 5.15 Å². The molecular formula is C10H4Cl2N2. The van der Waals surface area contributed by atoms with E-state index in [1.807, 2.05) is 6.07 Å². The van der Waals surface area contributed by atoms with Crippen molar-refractivity contribution in [2.24, 2.45) is 0 Å². The van der Waals surface area contributed by atoms with Crippen molar-refractivity contribution in [3.63, 3.8) is 0 Å². The Morgan fingerprint density at radius 2 is 2.00 bits per heavy atom. The molecule has 68 valence electrons. The van der Waals surface area contributed by atoms with E-state index >= 15 is 0 Å². The van der Waals surface area contributed by atoms with Crippen LogP contribution in [-0.4, -0.2) is 4.98 Å². The molecule has 0 fully saturated rings. The fourth-order valence-electron chi connectivity index (χ4n) is 1.20. The lowest BCUT2D eigenvalue weighted by Crippen LogP contribution is -1.82. The van der Waals surface area contributed by atoms with E-state index in [2.05, 4.69) is 4.98 Å². The van der Waals surface area contributed by atoms with Gasteiger partial charge in [-0.15, -0.1) is 0 Å². The quantitative estimate of drug-likeness (QED) is 0.641. The number of hydrogen-bond acceptors (Lipinski definition) is 2. The maximum Gasteiger partial charge on any atom is 0.148 e. The highest BCUT2D eigenvalue weighted by molar-refractivity contribution is 6.41. The number of hydrogen-bond donors (Lipinski definition) is 0. The van der Waals surface area contributed by atoms with Gasteiger partial charge >= 0.3 is 0 Å². The molecule has 2 rings (SSSR count). The molecule has 1 aromatic carbocycles. The van der Waals surface area contributed by atoms with E-state index in [0.717, 1.165) is 10.9 Å². The summed E-state index contributed by atoms with van der Waals surface area (Å²) in [6.07, 6.45) is 0. The fourth-order valence-corrected chi connectivity index (χ4v) is 1.50. The Hall–Kier alpha value is -1.30. The molecule has 0 atom stereocenters. The minimum atomic E-state index is 0.281. The standard InChI is InChI=1S/C10H4Cl2N2/c11-8-4-7-3-6(5-13)1-2-9(7)14-10(8)12/h1-4H. The highest BCUT2D eigenvalue weighted by Crippen LogP contribution is 2.24. The van der Waals surface area contributed by atoms with Gasteiger partial charge in [-0.05, 0) is 24.3 Å². The molecule has 0 aliphatic heterocycles. The predicted octanol–water partition coefficient (Wildman–Crippen LogP) is 3.41. The van der Waals surface area contributed by atoms with E-state index in [4.69, 9.17) is 28.5 Å². The lowest BCUT2D eigenvalue weighted by Gasteiger charge is -1.99. The minimum absolute atomic E-state index is 0.281. The molecule has 0 aliphatic carbocycles. The lowest BCUT2D eigenvalue weighted by atomic mass is 10.1. The molecule has 0 spiro atoms. The first-order valence-corrected chi connectivity index (χ1v) is 4.62. The number of aromatic nitrogens is 1. The third-order valence-corrected chi connectivity index (χ3v) is 2.53. The molecule has 2 nitrogen and oxygen atoms in total. The van der Waals surface area contributed by atoms with Crippen LogP contribution in [0.3, 0.4) is 0 Å². The zero-order chi connectivity index (χ0) is 10.1. The second-order valence-electron chi connectivity index (χ2n) is 2.78. The van der Waals surface area contributed by atoms with Gasteiger partial charge in [0.05, 0.1) is 22.2 Å². The summed E-state index contributed by atoms with van der Waals surface area (Å²) in [6.45, 7) is 0. The van der Waals surface area contributed by atoms with Crippen molar-refractivity contribution >= 4 is 34.1 Å². The van der Waals surface area contributed by atoms with Crippen LogP contribution in [0.1, 0.15) is 5.56 Å².